The summed E-state index contributed by atoms with van der Waals surface area (Å²) in [6.45, 7) is 3.65. The number of nitro groups is 1. The van der Waals surface area contributed by atoms with E-state index in [0.717, 1.165) is 12.8 Å². The van der Waals surface area contributed by atoms with E-state index in [1.807, 2.05) is 13.8 Å². The van der Waals surface area contributed by atoms with Crippen LogP contribution in [0.3, 0.4) is 0 Å². The SMILES string of the molecule is CC1(C)C([NH+]=[N-])CCCC1[N+](=O)[O-]. The molecule has 0 heterocycles. The highest BCUT2D eigenvalue weighted by Gasteiger charge is 2.49. The average Bonchev–Trinajstić information content (AvgIpc) is 2.02. The molecule has 1 aliphatic rings. The number of nitrogens with zero attached hydrogens (tertiary/aromatic N) is 2. The fourth-order valence-corrected chi connectivity index (χ4v) is 2.10. The molecule has 0 bridgehead atoms. The van der Waals surface area contributed by atoms with Gasteiger partial charge in [-0.1, -0.05) is 0 Å². The zero-order chi connectivity index (χ0) is 10.1. The lowest BCUT2D eigenvalue weighted by molar-refractivity contribution is -0.600. The molecule has 1 N–H and O–H groups in total. The molecule has 5 nitrogen and oxygen atoms in total. The summed E-state index contributed by atoms with van der Waals surface area (Å²) in [6, 6.07) is -0.720. The maximum Gasteiger partial charge on any atom is 0.224 e. The fourth-order valence-electron chi connectivity index (χ4n) is 2.10. The molecule has 0 aromatic rings. The van der Waals surface area contributed by atoms with Gasteiger partial charge >= 0.3 is 0 Å². The van der Waals surface area contributed by atoms with Gasteiger partial charge in [-0.2, -0.15) is 0 Å². The van der Waals surface area contributed by atoms with E-state index in [1.54, 1.807) is 0 Å². The van der Waals surface area contributed by atoms with Crippen LogP contribution in [0.4, 0.5) is 0 Å². The van der Waals surface area contributed by atoms with Crippen LogP contribution in [0.15, 0.2) is 0 Å². The van der Waals surface area contributed by atoms with Gasteiger partial charge in [-0.25, -0.2) is 0 Å². The maximum absolute atomic E-state index is 10.7. The first-order valence-corrected chi connectivity index (χ1v) is 4.53. The second kappa shape index (κ2) is 3.40. The van der Waals surface area contributed by atoms with Gasteiger partial charge in [0, 0.05) is 17.8 Å². The lowest BCUT2D eigenvalue weighted by atomic mass is 9.70. The van der Waals surface area contributed by atoms with Gasteiger partial charge in [0.05, 0.1) is 5.41 Å². The molecule has 74 valence electrons. The van der Waals surface area contributed by atoms with E-state index in [-0.39, 0.29) is 11.0 Å². The highest BCUT2D eigenvalue weighted by atomic mass is 16.6. The third-order valence-corrected chi connectivity index (χ3v) is 3.14. The van der Waals surface area contributed by atoms with Crippen LogP contribution in [0.5, 0.6) is 0 Å². The Balaban J connectivity index is 2.86. The second-order valence-corrected chi connectivity index (χ2v) is 4.24. The number of hydrogen-bond acceptors (Lipinski definition) is 2. The molecule has 0 saturated heterocycles. The van der Waals surface area contributed by atoms with Crippen LogP contribution in [0.25, 0.3) is 5.53 Å². The van der Waals surface area contributed by atoms with Gasteiger partial charge in [-0.15, -0.1) is 0 Å². The highest BCUT2D eigenvalue weighted by Crippen LogP contribution is 2.35. The summed E-state index contributed by atoms with van der Waals surface area (Å²) in [5.74, 6) is 0. The molecule has 0 aromatic heterocycles. The minimum absolute atomic E-state index is 0.170. The zero-order valence-electron chi connectivity index (χ0n) is 7.99. The Morgan fingerprint density at radius 3 is 2.62 bits per heavy atom. The predicted octanol–water partition coefficient (Wildman–Crippen LogP) is 0.313. The molecule has 1 fully saturated rings. The highest BCUT2D eigenvalue weighted by molar-refractivity contribution is 4.88. The molecule has 0 aliphatic heterocycles. The summed E-state index contributed by atoms with van der Waals surface area (Å²) >= 11 is 0. The van der Waals surface area contributed by atoms with Crippen LogP contribution in [0, 0.1) is 15.5 Å². The van der Waals surface area contributed by atoms with Crippen molar-refractivity contribution in [3.8, 4) is 0 Å². The van der Waals surface area contributed by atoms with Crippen molar-refractivity contribution < 1.29 is 10.0 Å². The Bertz CT molecular complexity index is 227. The van der Waals surface area contributed by atoms with Crippen molar-refractivity contribution >= 4 is 0 Å². The van der Waals surface area contributed by atoms with E-state index >= 15 is 0 Å². The Kier molecular flexibility index (Phi) is 2.63. The molecule has 0 amide bonds. The fraction of sp³-hybridized carbons (Fsp3) is 1.00. The first-order chi connectivity index (χ1) is 6.00. The van der Waals surface area contributed by atoms with Crippen molar-refractivity contribution in [3.05, 3.63) is 15.6 Å². The lowest BCUT2D eigenvalue weighted by Crippen LogP contribution is -2.79. The Labute approximate surface area is 77.2 Å². The van der Waals surface area contributed by atoms with Crippen molar-refractivity contribution in [3.63, 3.8) is 0 Å². The van der Waals surface area contributed by atoms with E-state index in [1.165, 1.54) is 0 Å². The number of hydrogen-bond donors (Lipinski definition) is 1. The molecule has 0 spiro atoms. The molecule has 1 rings (SSSR count). The lowest BCUT2D eigenvalue weighted by Gasteiger charge is -2.35. The van der Waals surface area contributed by atoms with E-state index in [0.29, 0.717) is 6.42 Å². The molecule has 1 saturated carbocycles. The topological polar surface area (TPSA) is 79.4 Å². The average molecular weight is 185 g/mol. The van der Waals surface area contributed by atoms with Crippen molar-refractivity contribution in [1.29, 1.82) is 0 Å². The van der Waals surface area contributed by atoms with Gasteiger partial charge in [-0.3, -0.25) is 10.1 Å². The molecule has 2 atom stereocenters. The van der Waals surface area contributed by atoms with Gasteiger partial charge in [-0.05, 0) is 20.3 Å². The van der Waals surface area contributed by atoms with Gasteiger partial charge < -0.3 is 10.6 Å². The van der Waals surface area contributed by atoms with E-state index in [2.05, 4.69) is 5.11 Å². The third-order valence-electron chi connectivity index (χ3n) is 3.14. The Morgan fingerprint density at radius 2 is 2.15 bits per heavy atom. The molecular weight excluding hydrogens is 170 g/mol. The summed E-state index contributed by atoms with van der Waals surface area (Å²) in [5.41, 5.74) is 8.38. The largest absolute Gasteiger partial charge is 0.508 e. The van der Waals surface area contributed by atoms with Crippen LogP contribution in [0.1, 0.15) is 33.1 Å². The molecule has 5 heteroatoms. The van der Waals surface area contributed by atoms with Crippen LogP contribution >= 0.6 is 0 Å². The Hall–Kier alpha value is -1.00. The zero-order valence-corrected chi connectivity index (χ0v) is 7.99. The minimum Gasteiger partial charge on any atom is -0.508 e. The molecular formula is C8H15N3O2. The van der Waals surface area contributed by atoms with Crippen molar-refractivity contribution in [2.45, 2.75) is 45.2 Å². The summed E-state index contributed by atoms with van der Waals surface area (Å²) in [6.07, 6.45) is 2.21. The van der Waals surface area contributed by atoms with Crippen molar-refractivity contribution in [1.82, 2.24) is 0 Å². The quantitative estimate of drug-likeness (QED) is 0.382. The summed E-state index contributed by atoms with van der Waals surface area (Å²) < 4.78 is 0. The van der Waals surface area contributed by atoms with Crippen molar-refractivity contribution in [2.24, 2.45) is 5.41 Å². The first-order valence-electron chi connectivity index (χ1n) is 4.53. The predicted molar refractivity (Wildman–Crippen MR) is 46.5 cm³/mol. The van der Waals surface area contributed by atoms with Gasteiger partial charge in [0.1, 0.15) is 0 Å². The standard InChI is InChI=1S/C8H15N3O2/c1-8(2)6(10-9)4-3-5-7(8)11(12)13/h6-7,10H,3-5H2,1-2H3. The monoisotopic (exact) mass is 185 g/mol. The molecule has 0 radical (unpaired) electrons. The van der Waals surface area contributed by atoms with Gasteiger partial charge in [0.25, 0.3) is 0 Å². The third kappa shape index (κ3) is 1.68. The molecule has 0 aromatic carbocycles. The van der Waals surface area contributed by atoms with Gasteiger partial charge in [0.15, 0.2) is 6.04 Å². The van der Waals surface area contributed by atoms with Crippen LogP contribution < -0.4 is 5.11 Å². The summed E-state index contributed by atoms with van der Waals surface area (Å²) in [7, 11) is 0. The molecule has 1 aliphatic carbocycles. The summed E-state index contributed by atoms with van der Waals surface area (Å²) in [5, 5.41) is 12.9. The molecule has 13 heavy (non-hydrogen) atoms. The first kappa shape index (κ1) is 10.1. The van der Waals surface area contributed by atoms with Crippen molar-refractivity contribution in [2.75, 3.05) is 0 Å². The molecule has 2 unspecified atom stereocenters. The minimum atomic E-state index is -0.550. The normalized spacial score (nSPS) is 32.5. The number of rotatable bonds is 2. The Morgan fingerprint density at radius 1 is 1.54 bits per heavy atom. The van der Waals surface area contributed by atoms with E-state index < -0.39 is 11.5 Å². The number of nitrogens with one attached hydrogen (secondary N) is 1. The van der Waals surface area contributed by atoms with Crippen LogP contribution in [0.2, 0.25) is 0 Å². The van der Waals surface area contributed by atoms with E-state index in [9.17, 15) is 10.1 Å². The van der Waals surface area contributed by atoms with Crippen LogP contribution in [-0.4, -0.2) is 17.0 Å². The van der Waals surface area contributed by atoms with Crippen LogP contribution in [-0.2, 0) is 0 Å². The second-order valence-electron chi connectivity index (χ2n) is 4.24. The summed E-state index contributed by atoms with van der Waals surface area (Å²) in [4.78, 5) is 10.5. The smallest absolute Gasteiger partial charge is 0.224 e. The van der Waals surface area contributed by atoms with Gasteiger partial charge in [0.2, 0.25) is 6.04 Å². The maximum atomic E-state index is 10.7. The van der Waals surface area contributed by atoms with E-state index in [4.69, 9.17) is 5.53 Å².